The average molecular weight is 352 g/mol. The van der Waals surface area contributed by atoms with E-state index in [0.717, 1.165) is 6.92 Å². The molecule has 1 aromatic carbocycles. The molecule has 0 aromatic heterocycles. The Labute approximate surface area is 134 Å². The van der Waals surface area contributed by atoms with Crippen LogP contribution in [-0.2, 0) is 6.42 Å². The van der Waals surface area contributed by atoms with Gasteiger partial charge in [0, 0.05) is 29.4 Å². The van der Waals surface area contributed by atoms with Gasteiger partial charge in [0.05, 0.1) is 0 Å². The molecule has 5 atom stereocenters. The van der Waals surface area contributed by atoms with E-state index in [1.807, 2.05) is 0 Å². The van der Waals surface area contributed by atoms with Crippen molar-refractivity contribution in [2.45, 2.75) is 44.2 Å². The molecule has 4 rings (SSSR count). The van der Waals surface area contributed by atoms with Gasteiger partial charge < -0.3 is 0 Å². The van der Waals surface area contributed by atoms with Crippen molar-refractivity contribution in [2.24, 2.45) is 23.7 Å². The summed E-state index contributed by atoms with van der Waals surface area (Å²) in [6.45, 7) is 0.829. The Morgan fingerprint density at radius 1 is 0.833 bits per heavy atom. The molecule has 3 aliphatic rings. The van der Waals surface area contributed by atoms with E-state index in [9.17, 15) is 26.3 Å². The van der Waals surface area contributed by atoms with Gasteiger partial charge in [0.2, 0.25) is 0 Å². The number of fused-ring (bicyclic) bond motifs is 5. The fourth-order valence-corrected chi connectivity index (χ4v) is 5.31. The van der Waals surface area contributed by atoms with Gasteiger partial charge in [0.1, 0.15) is 0 Å². The quantitative estimate of drug-likeness (QED) is 0.512. The molecule has 3 fully saturated rings. The van der Waals surface area contributed by atoms with E-state index in [1.54, 1.807) is 0 Å². The van der Waals surface area contributed by atoms with E-state index in [-0.39, 0.29) is 11.8 Å². The minimum Gasteiger partial charge on any atom is -0.237 e. The van der Waals surface area contributed by atoms with E-state index in [2.05, 4.69) is 0 Å². The molecule has 132 valence electrons. The largest absolute Gasteiger partial charge is 0.285 e. The summed E-state index contributed by atoms with van der Waals surface area (Å²) in [5.41, 5.74) is -5.31. The van der Waals surface area contributed by atoms with Crippen molar-refractivity contribution in [1.82, 2.24) is 0 Å². The van der Waals surface area contributed by atoms with E-state index in [1.165, 1.54) is 0 Å². The molecule has 0 aliphatic heterocycles. The lowest BCUT2D eigenvalue weighted by molar-refractivity contribution is -0.310. The molecule has 24 heavy (non-hydrogen) atoms. The summed E-state index contributed by atoms with van der Waals surface area (Å²) < 4.78 is 99.3. The third-order valence-electron chi connectivity index (χ3n) is 6.43. The third-order valence-corrected chi connectivity index (χ3v) is 6.43. The predicted molar refractivity (Wildman–Crippen MR) is 71.3 cm³/mol. The van der Waals surface area contributed by atoms with Gasteiger partial charge >= 0.3 is 0 Å². The Morgan fingerprint density at radius 3 is 1.88 bits per heavy atom. The zero-order valence-electron chi connectivity index (χ0n) is 12.8. The molecular formula is C17H15F7. The van der Waals surface area contributed by atoms with Gasteiger partial charge in [-0.15, -0.1) is 0 Å². The summed E-state index contributed by atoms with van der Waals surface area (Å²) in [7, 11) is 0. The highest BCUT2D eigenvalue weighted by Crippen LogP contribution is 2.73. The zero-order chi connectivity index (χ0) is 17.6. The minimum absolute atomic E-state index is 0.254. The van der Waals surface area contributed by atoms with Crippen LogP contribution in [0, 0.1) is 53.9 Å². The molecular weight excluding hydrogens is 337 g/mol. The van der Waals surface area contributed by atoms with Gasteiger partial charge in [-0.05, 0) is 38.0 Å². The maximum Gasteiger partial charge on any atom is 0.285 e. The van der Waals surface area contributed by atoms with Crippen molar-refractivity contribution < 1.29 is 30.7 Å². The molecule has 5 unspecified atom stereocenters. The standard InChI is InChI=1S/C17H15F7/c1-6-12(18)14(20)9(15(21)13(6)19)5-16(22)10-7-2-3-8(4-7)11(10)17(16,23)24/h7-8,10-11H,2-5H2,1H3. The monoisotopic (exact) mass is 352 g/mol. The number of rotatable bonds is 2. The summed E-state index contributed by atoms with van der Waals surface area (Å²) in [5, 5.41) is 0. The van der Waals surface area contributed by atoms with Crippen molar-refractivity contribution in [1.29, 1.82) is 0 Å². The van der Waals surface area contributed by atoms with Crippen LogP contribution in [0.4, 0.5) is 30.7 Å². The Kier molecular flexibility index (Phi) is 3.15. The van der Waals surface area contributed by atoms with Crippen molar-refractivity contribution in [3.63, 3.8) is 0 Å². The van der Waals surface area contributed by atoms with Crippen LogP contribution in [0.1, 0.15) is 30.4 Å². The molecule has 2 bridgehead atoms. The maximum absolute atomic E-state index is 15.2. The highest BCUT2D eigenvalue weighted by molar-refractivity contribution is 5.34. The summed E-state index contributed by atoms with van der Waals surface area (Å²) in [5.74, 6) is -13.3. The summed E-state index contributed by atoms with van der Waals surface area (Å²) in [6, 6.07) is 0. The zero-order valence-corrected chi connectivity index (χ0v) is 12.8. The molecule has 3 saturated carbocycles. The molecule has 0 amide bonds. The minimum atomic E-state index is -3.74. The molecule has 7 heteroatoms. The Hall–Kier alpha value is -1.27. The summed E-state index contributed by atoms with van der Waals surface area (Å²) in [4.78, 5) is 0. The van der Waals surface area contributed by atoms with Crippen LogP contribution in [0.2, 0.25) is 0 Å². The van der Waals surface area contributed by atoms with Crippen LogP contribution in [0.5, 0.6) is 0 Å². The number of alkyl halides is 3. The number of hydrogen-bond acceptors (Lipinski definition) is 0. The van der Waals surface area contributed by atoms with Crippen molar-refractivity contribution in [3.05, 3.63) is 34.4 Å². The first-order chi connectivity index (χ1) is 11.1. The van der Waals surface area contributed by atoms with Crippen LogP contribution in [-0.4, -0.2) is 11.6 Å². The molecule has 0 nitrogen and oxygen atoms in total. The first-order valence-corrected chi connectivity index (χ1v) is 7.99. The number of hydrogen-bond donors (Lipinski definition) is 0. The maximum atomic E-state index is 15.2. The smallest absolute Gasteiger partial charge is 0.237 e. The van der Waals surface area contributed by atoms with Gasteiger partial charge in [-0.25, -0.2) is 30.7 Å². The fourth-order valence-electron chi connectivity index (χ4n) is 5.31. The van der Waals surface area contributed by atoms with Gasteiger partial charge in [0.25, 0.3) is 5.92 Å². The summed E-state index contributed by atoms with van der Waals surface area (Å²) >= 11 is 0. The lowest BCUT2D eigenvalue weighted by Gasteiger charge is -2.58. The van der Waals surface area contributed by atoms with E-state index in [0.29, 0.717) is 19.3 Å². The van der Waals surface area contributed by atoms with Crippen molar-refractivity contribution >= 4 is 0 Å². The molecule has 1 aromatic rings. The van der Waals surface area contributed by atoms with Crippen LogP contribution in [0.15, 0.2) is 0 Å². The lowest BCUT2D eigenvalue weighted by atomic mass is 9.52. The van der Waals surface area contributed by atoms with Gasteiger partial charge in [-0.2, -0.15) is 0 Å². The second kappa shape index (κ2) is 4.67. The molecule has 0 spiro atoms. The van der Waals surface area contributed by atoms with E-state index < -0.39 is 64.2 Å². The lowest BCUT2D eigenvalue weighted by Crippen LogP contribution is -2.71. The van der Waals surface area contributed by atoms with Crippen molar-refractivity contribution in [2.75, 3.05) is 0 Å². The first-order valence-electron chi connectivity index (χ1n) is 7.99. The molecule has 0 heterocycles. The molecule has 3 aliphatic carbocycles. The fraction of sp³-hybridized carbons (Fsp3) is 0.647. The molecule has 0 radical (unpaired) electrons. The number of halogens is 7. The van der Waals surface area contributed by atoms with Crippen LogP contribution in [0.25, 0.3) is 0 Å². The molecule has 0 saturated heterocycles. The van der Waals surface area contributed by atoms with Crippen LogP contribution >= 0.6 is 0 Å². The normalized spacial score (nSPS) is 39.0. The van der Waals surface area contributed by atoms with E-state index in [4.69, 9.17) is 0 Å². The average Bonchev–Trinajstić information content (AvgIpc) is 3.15. The second-order valence-electron chi connectivity index (χ2n) is 7.41. The first kappa shape index (κ1) is 16.2. The van der Waals surface area contributed by atoms with Crippen LogP contribution < -0.4 is 0 Å². The Bertz CT molecular complexity index is 699. The highest BCUT2D eigenvalue weighted by atomic mass is 19.3. The predicted octanol–water partition coefficient (Wildman–Crippen LogP) is 5.11. The highest BCUT2D eigenvalue weighted by Gasteiger charge is 2.82. The third kappa shape index (κ3) is 1.66. The number of benzene rings is 1. The Morgan fingerprint density at radius 2 is 1.33 bits per heavy atom. The summed E-state index contributed by atoms with van der Waals surface area (Å²) in [6.07, 6.45) is 0.345. The van der Waals surface area contributed by atoms with Gasteiger partial charge in [-0.1, -0.05) is 0 Å². The molecule has 0 N–H and O–H groups in total. The van der Waals surface area contributed by atoms with Crippen molar-refractivity contribution in [3.8, 4) is 0 Å². The second-order valence-corrected chi connectivity index (χ2v) is 7.41. The topological polar surface area (TPSA) is 0 Å². The van der Waals surface area contributed by atoms with Gasteiger partial charge in [-0.3, -0.25) is 0 Å². The SMILES string of the molecule is Cc1c(F)c(F)c(CC2(F)C3C4CCC(C4)C3C2(F)F)c(F)c1F. The Balaban J connectivity index is 1.76. The van der Waals surface area contributed by atoms with Gasteiger partial charge in [0.15, 0.2) is 28.9 Å². The van der Waals surface area contributed by atoms with Crippen LogP contribution in [0.3, 0.4) is 0 Å². The van der Waals surface area contributed by atoms with E-state index >= 15 is 4.39 Å².